The molecule has 0 radical (unpaired) electrons. The molecule has 1 aromatic rings. The monoisotopic (exact) mass is 262 g/mol. The molecule has 3 heteroatoms. The molecular formula is C16H26N2O. The molecule has 1 aliphatic heterocycles. The summed E-state index contributed by atoms with van der Waals surface area (Å²) in [5.74, 6) is 7.46. The number of ether oxygens (including phenoxy) is 1. The fourth-order valence-corrected chi connectivity index (χ4v) is 2.66. The zero-order chi connectivity index (χ0) is 13.7. The van der Waals surface area contributed by atoms with Crippen molar-refractivity contribution in [3.63, 3.8) is 0 Å². The Morgan fingerprint density at radius 2 is 2.26 bits per heavy atom. The highest BCUT2D eigenvalue weighted by molar-refractivity contribution is 5.39. The van der Waals surface area contributed by atoms with Crippen molar-refractivity contribution in [3.8, 4) is 5.75 Å². The molecule has 0 fully saturated rings. The summed E-state index contributed by atoms with van der Waals surface area (Å²) >= 11 is 0. The van der Waals surface area contributed by atoms with E-state index in [1.54, 1.807) is 0 Å². The summed E-state index contributed by atoms with van der Waals surface area (Å²) < 4.78 is 5.54. The molecule has 2 atom stereocenters. The van der Waals surface area contributed by atoms with Gasteiger partial charge < -0.3 is 4.74 Å². The van der Waals surface area contributed by atoms with Gasteiger partial charge in [-0.2, -0.15) is 0 Å². The first kappa shape index (κ1) is 14.4. The van der Waals surface area contributed by atoms with Gasteiger partial charge in [0.1, 0.15) is 5.75 Å². The molecule has 3 N–H and O–H groups in total. The number of rotatable bonds is 7. The minimum atomic E-state index is 0.416. The summed E-state index contributed by atoms with van der Waals surface area (Å²) in [5, 5.41) is 0. The summed E-state index contributed by atoms with van der Waals surface area (Å²) in [6, 6.07) is 7.00. The number of hydrogen-bond acceptors (Lipinski definition) is 3. The van der Waals surface area contributed by atoms with Gasteiger partial charge in [-0.1, -0.05) is 32.4 Å². The minimum absolute atomic E-state index is 0.416. The van der Waals surface area contributed by atoms with Crippen LogP contribution in [0.5, 0.6) is 5.75 Å². The second-order valence-corrected chi connectivity index (χ2v) is 5.69. The largest absolute Gasteiger partial charge is 0.493 e. The molecule has 0 bridgehead atoms. The minimum Gasteiger partial charge on any atom is -0.493 e. The summed E-state index contributed by atoms with van der Waals surface area (Å²) in [4.78, 5) is 0. The molecule has 2 rings (SSSR count). The van der Waals surface area contributed by atoms with Crippen LogP contribution in [0, 0.1) is 5.92 Å². The van der Waals surface area contributed by atoms with Gasteiger partial charge in [-0.3, -0.25) is 11.3 Å². The van der Waals surface area contributed by atoms with E-state index in [1.165, 1.54) is 17.5 Å². The van der Waals surface area contributed by atoms with Gasteiger partial charge in [0.15, 0.2) is 0 Å². The summed E-state index contributed by atoms with van der Waals surface area (Å²) in [6.45, 7) is 5.36. The highest BCUT2D eigenvalue weighted by atomic mass is 16.5. The number of benzene rings is 1. The van der Waals surface area contributed by atoms with E-state index in [4.69, 9.17) is 10.6 Å². The molecular weight excluding hydrogens is 236 g/mol. The third kappa shape index (κ3) is 3.95. The van der Waals surface area contributed by atoms with Crippen molar-refractivity contribution in [1.82, 2.24) is 5.43 Å². The average Bonchev–Trinajstić information content (AvgIpc) is 2.90. The van der Waals surface area contributed by atoms with Crippen LogP contribution in [0.1, 0.15) is 44.2 Å². The molecule has 19 heavy (non-hydrogen) atoms. The van der Waals surface area contributed by atoms with Gasteiger partial charge in [0.05, 0.1) is 6.61 Å². The average molecular weight is 262 g/mol. The van der Waals surface area contributed by atoms with Crippen molar-refractivity contribution in [2.75, 3.05) is 6.61 Å². The van der Waals surface area contributed by atoms with Gasteiger partial charge in [-0.05, 0) is 42.4 Å². The Kier molecular flexibility index (Phi) is 5.23. The molecule has 0 amide bonds. The molecule has 1 aromatic carbocycles. The molecule has 1 aliphatic rings. The van der Waals surface area contributed by atoms with Crippen molar-refractivity contribution in [1.29, 1.82) is 0 Å². The van der Waals surface area contributed by atoms with E-state index >= 15 is 0 Å². The van der Waals surface area contributed by atoms with Crippen LogP contribution in [0.2, 0.25) is 0 Å². The molecule has 3 nitrogen and oxygen atoms in total. The Morgan fingerprint density at radius 3 is 3.00 bits per heavy atom. The highest BCUT2D eigenvalue weighted by Gasteiger charge is 2.14. The smallest absolute Gasteiger partial charge is 0.122 e. The summed E-state index contributed by atoms with van der Waals surface area (Å²) in [6.07, 6.45) is 5.60. The Labute approximate surface area is 116 Å². The van der Waals surface area contributed by atoms with Crippen LogP contribution in [-0.2, 0) is 12.8 Å². The predicted octanol–water partition coefficient (Wildman–Crippen LogP) is 2.82. The number of aryl methyl sites for hydroxylation is 1. The van der Waals surface area contributed by atoms with Crippen LogP contribution in [0.4, 0.5) is 0 Å². The first-order valence-corrected chi connectivity index (χ1v) is 7.43. The van der Waals surface area contributed by atoms with Gasteiger partial charge in [0.2, 0.25) is 0 Å². The number of hydrazine groups is 1. The second-order valence-electron chi connectivity index (χ2n) is 5.69. The van der Waals surface area contributed by atoms with Gasteiger partial charge in [-0.15, -0.1) is 0 Å². The maximum absolute atomic E-state index is 5.66. The summed E-state index contributed by atoms with van der Waals surface area (Å²) in [7, 11) is 0. The molecule has 0 spiro atoms. The van der Waals surface area contributed by atoms with Crippen molar-refractivity contribution in [2.45, 2.75) is 52.0 Å². The number of nitrogens with one attached hydrogen (secondary N) is 1. The van der Waals surface area contributed by atoms with Crippen molar-refractivity contribution in [3.05, 3.63) is 29.3 Å². The predicted molar refractivity (Wildman–Crippen MR) is 79.1 cm³/mol. The first-order valence-electron chi connectivity index (χ1n) is 7.43. The van der Waals surface area contributed by atoms with Crippen LogP contribution in [0.3, 0.4) is 0 Å². The van der Waals surface area contributed by atoms with Gasteiger partial charge in [-0.25, -0.2) is 0 Å². The molecule has 2 unspecified atom stereocenters. The normalized spacial score (nSPS) is 16.8. The zero-order valence-electron chi connectivity index (χ0n) is 12.1. The molecule has 0 aromatic heterocycles. The quantitative estimate of drug-likeness (QED) is 0.587. The van der Waals surface area contributed by atoms with E-state index in [9.17, 15) is 0 Å². The van der Waals surface area contributed by atoms with E-state index in [0.717, 1.165) is 44.0 Å². The molecule has 0 saturated carbocycles. The Balaban J connectivity index is 1.87. The zero-order valence-corrected chi connectivity index (χ0v) is 12.1. The lowest BCUT2D eigenvalue weighted by atomic mass is 9.95. The number of fused-ring (bicyclic) bond motifs is 1. The van der Waals surface area contributed by atoms with E-state index in [2.05, 4.69) is 37.5 Å². The van der Waals surface area contributed by atoms with E-state index in [-0.39, 0.29) is 0 Å². The summed E-state index contributed by atoms with van der Waals surface area (Å²) in [5.41, 5.74) is 5.72. The fourth-order valence-electron chi connectivity index (χ4n) is 2.66. The molecule has 0 aliphatic carbocycles. The van der Waals surface area contributed by atoms with Crippen LogP contribution in [-0.4, -0.2) is 12.6 Å². The lowest BCUT2D eigenvalue weighted by molar-refractivity contribution is 0.356. The fraction of sp³-hybridized carbons (Fsp3) is 0.625. The van der Waals surface area contributed by atoms with Crippen LogP contribution >= 0.6 is 0 Å². The Hall–Kier alpha value is -1.06. The Bertz CT molecular complexity index is 406. The standard InChI is InChI=1S/C16H26N2O/c1-3-12(2)10-15(18-17)6-4-13-5-7-16-14(11-13)8-9-19-16/h5,7,11-12,15,18H,3-4,6,8-10,17H2,1-2H3. The van der Waals surface area contributed by atoms with Crippen molar-refractivity contribution < 1.29 is 4.74 Å². The number of hydrogen-bond donors (Lipinski definition) is 2. The first-order chi connectivity index (χ1) is 9.22. The van der Waals surface area contributed by atoms with Crippen LogP contribution < -0.4 is 16.0 Å². The van der Waals surface area contributed by atoms with Crippen LogP contribution in [0.25, 0.3) is 0 Å². The lowest BCUT2D eigenvalue weighted by Gasteiger charge is -2.19. The Morgan fingerprint density at radius 1 is 1.42 bits per heavy atom. The van der Waals surface area contributed by atoms with Gasteiger partial charge in [0, 0.05) is 12.5 Å². The second kappa shape index (κ2) is 6.92. The topological polar surface area (TPSA) is 47.3 Å². The van der Waals surface area contributed by atoms with Crippen molar-refractivity contribution >= 4 is 0 Å². The van der Waals surface area contributed by atoms with Gasteiger partial charge in [0.25, 0.3) is 0 Å². The van der Waals surface area contributed by atoms with E-state index in [1.807, 2.05) is 0 Å². The SMILES string of the molecule is CCC(C)CC(CCc1ccc2c(c1)CCO2)NN. The molecule has 1 heterocycles. The van der Waals surface area contributed by atoms with E-state index in [0.29, 0.717) is 6.04 Å². The lowest BCUT2D eigenvalue weighted by Crippen LogP contribution is -2.36. The highest BCUT2D eigenvalue weighted by Crippen LogP contribution is 2.26. The maximum Gasteiger partial charge on any atom is 0.122 e. The molecule has 106 valence electrons. The third-order valence-corrected chi connectivity index (χ3v) is 4.15. The van der Waals surface area contributed by atoms with E-state index < -0.39 is 0 Å². The van der Waals surface area contributed by atoms with Gasteiger partial charge >= 0.3 is 0 Å². The molecule has 0 saturated heterocycles. The van der Waals surface area contributed by atoms with Crippen LogP contribution in [0.15, 0.2) is 18.2 Å². The third-order valence-electron chi connectivity index (χ3n) is 4.15. The number of nitrogens with two attached hydrogens (primary N) is 1. The van der Waals surface area contributed by atoms with Crippen molar-refractivity contribution in [2.24, 2.45) is 11.8 Å². The maximum atomic E-state index is 5.66.